The van der Waals surface area contributed by atoms with E-state index in [-0.39, 0.29) is 61.4 Å². The molecular weight excluding hydrogens is 520 g/mol. The van der Waals surface area contributed by atoms with Gasteiger partial charge in [0.25, 0.3) is 5.91 Å². The number of imide groups is 1. The molecule has 190 valence electrons. The average Bonchev–Trinajstić information content (AvgIpc) is 2.78. The van der Waals surface area contributed by atoms with Crippen molar-refractivity contribution in [1.82, 2.24) is 9.80 Å². The number of anilines is 1. The van der Waals surface area contributed by atoms with Gasteiger partial charge in [0.1, 0.15) is 5.75 Å². The zero-order chi connectivity index (χ0) is 21.3. The van der Waals surface area contributed by atoms with E-state index in [1.807, 2.05) is 56.3 Å². The third kappa shape index (κ3) is 6.10. The number of piperazine rings is 1. The quantitative estimate of drug-likeness (QED) is 0.512. The van der Waals surface area contributed by atoms with Crippen LogP contribution in [-0.4, -0.2) is 68.0 Å². The van der Waals surface area contributed by atoms with Crippen LogP contribution < -0.4 is 9.64 Å². The van der Waals surface area contributed by atoms with Gasteiger partial charge in [-0.15, -0.1) is 49.6 Å². The second-order valence-corrected chi connectivity index (χ2v) is 8.43. The van der Waals surface area contributed by atoms with Crippen LogP contribution in [0.4, 0.5) is 5.69 Å². The Morgan fingerprint density at radius 3 is 2.06 bits per heavy atom. The molecule has 1 fully saturated rings. The van der Waals surface area contributed by atoms with Crippen molar-refractivity contribution < 1.29 is 14.3 Å². The van der Waals surface area contributed by atoms with Crippen LogP contribution in [0.5, 0.6) is 5.75 Å². The van der Waals surface area contributed by atoms with E-state index >= 15 is 0 Å². The smallest absolute Gasteiger partial charge is 0.260 e. The highest BCUT2D eigenvalue weighted by molar-refractivity contribution is 6.12. The van der Waals surface area contributed by atoms with Gasteiger partial charge in [-0.25, -0.2) is 0 Å². The van der Waals surface area contributed by atoms with Crippen LogP contribution in [0.3, 0.4) is 0 Å². The molecule has 2 aliphatic rings. The van der Waals surface area contributed by atoms with Crippen molar-refractivity contribution in [2.45, 2.75) is 19.3 Å². The van der Waals surface area contributed by atoms with Crippen molar-refractivity contribution in [1.29, 1.82) is 0 Å². The summed E-state index contributed by atoms with van der Waals surface area (Å²) >= 11 is 0. The summed E-state index contributed by atoms with van der Waals surface area (Å²) in [5, 5.41) is 0. The highest BCUT2D eigenvalue weighted by Gasteiger charge is 2.44. The number of fused-ring (bicyclic) bond motifs is 1. The Bertz CT molecular complexity index is 966. The summed E-state index contributed by atoms with van der Waals surface area (Å²) in [7, 11) is 1.70. The van der Waals surface area contributed by atoms with E-state index in [0.717, 1.165) is 43.2 Å². The summed E-state index contributed by atoms with van der Waals surface area (Å²) in [4.78, 5) is 32.1. The first-order valence-corrected chi connectivity index (χ1v) is 10.5. The number of methoxy groups -OCH3 is 1. The minimum absolute atomic E-state index is 0. The molecule has 0 atom stereocenters. The highest BCUT2D eigenvalue weighted by Crippen LogP contribution is 2.34. The Hall–Kier alpha value is -1.70. The number of nitrogens with zero attached hydrogens (tertiary/aromatic N) is 3. The second kappa shape index (κ2) is 13.4. The molecule has 1 saturated heterocycles. The summed E-state index contributed by atoms with van der Waals surface area (Å²) in [5.74, 6) is 0.595. The number of halogens is 4. The molecule has 2 heterocycles. The fourth-order valence-electron chi connectivity index (χ4n) is 4.45. The topological polar surface area (TPSA) is 53.1 Å². The molecule has 0 spiro atoms. The Kier molecular flexibility index (Phi) is 12.7. The monoisotopic (exact) mass is 551 g/mol. The Morgan fingerprint density at radius 1 is 0.824 bits per heavy atom. The molecule has 34 heavy (non-hydrogen) atoms. The van der Waals surface area contributed by atoms with E-state index in [2.05, 4.69) is 15.9 Å². The fourth-order valence-corrected chi connectivity index (χ4v) is 4.45. The Morgan fingerprint density at radius 2 is 1.41 bits per heavy atom. The van der Waals surface area contributed by atoms with Crippen molar-refractivity contribution >= 4 is 67.1 Å². The molecule has 0 aromatic heterocycles. The van der Waals surface area contributed by atoms with Crippen LogP contribution in [0.2, 0.25) is 0 Å². The van der Waals surface area contributed by atoms with Gasteiger partial charge in [-0.1, -0.05) is 30.3 Å². The number of ether oxygens (including phenoxy) is 1. The molecule has 0 aliphatic carbocycles. The number of amides is 2. The summed E-state index contributed by atoms with van der Waals surface area (Å²) in [6.45, 7) is 8.45. The lowest BCUT2D eigenvalue weighted by atomic mass is 9.77. The zero-order valence-corrected chi connectivity index (χ0v) is 22.8. The third-order valence-corrected chi connectivity index (χ3v) is 6.29. The van der Waals surface area contributed by atoms with Crippen molar-refractivity contribution in [3.05, 3.63) is 59.7 Å². The van der Waals surface area contributed by atoms with Crippen molar-refractivity contribution in [3.8, 4) is 5.75 Å². The van der Waals surface area contributed by atoms with E-state index in [1.165, 1.54) is 4.90 Å². The summed E-state index contributed by atoms with van der Waals surface area (Å²) in [6, 6.07) is 15.5. The number of hydrogen-bond acceptors (Lipinski definition) is 5. The van der Waals surface area contributed by atoms with Crippen LogP contribution in [-0.2, 0) is 10.2 Å². The maximum absolute atomic E-state index is 13.1. The van der Waals surface area contributed by atoms with Gasteiger partial charge in [-0.2, -0.15) is 0 Å². The number of rotatable bonds is 5. The van der Waals surface area contributed by atoms with Crippen molar-refractivity contribution in [3.63, 3.8) is 0 Å². The van der Waals surface area contributed by atoms with Gasteiger partial charge in [0.15, 0.2) is 0 Å². The SMILES string of the molecule is COc1ccccc1N1CCN(CCN2C(=O)c3ccccc3C(C)(C)C2=O)CC1.Cl.Cl.Cl.Cl. The number of benzene rings is 2. The molecule has 10 heteroatoms. The Labute approximate surface area is 226 Å². The lowest BCUT2D eigenvalue weighted by molar-refractivity contribution is -0.134. The first kappa shape index (κ1) is 32.3. The molecule has 6 nitrogen and oxygen atoms in total. The highest BCUT2D eigenvalue weighted by atomic mass is 35.5. The lowest BCUT2D eigenvalue weighted by Gasteiger charge is -2.40. The minimum Gasteiger partial charge on any atom is -0.495 e. The van der Waals surface area contributed by atoms with Crippen LogP contribution in [0.25, 0.3) is 0 Å². The summed E-state index contributed by atoms with van der Waals surface area (Å²) in [5.41, 5.74) is 1.89. The van der Waals surface area contributed by atoms with Gasteiger partial charge >= 0.3 is 0 Å². The van der Waals surface area contributed by atoms with Crippen molar-refractivity contribution in [2.75, 3.05) is 51.3 Å². The first-order chi connectivity index (χ1) is 14.4. The summed E-state index contributed by atoms with van der Waals surface area (Å²) < 4.78 is 5.49. The molecule has 2 amide bonds. The number of hydrogen-bond donors (Lipinski definition) is 0. The van der Waals surface area contributed by atoms with Gasteiger partial charge in [0.2, 0.25) is 5.91 Å². The average molecular weight is 553 g/mol. The third-order valence-electron chi connectivity index (χ3n) is 6.29. The molecule has 0 bridgehead atoms. The molecule has 2 aliphatic heterocycles. The minimum atomic E-state index is -0.687. The number of carbonyl (C=O) groups excluding carboxylic acids is 2. The molecular formula is C24H33Cl4N3O3. The van der Waals surface area contributed by atoms with Crippen LogP contribution in [0, 0.1) is 0 Å². The standard InChI is InChI=1S/C24H29N3O3.4ClH/c1-24(2)19-9-5-4-8-18(19)22(28)27(23(24)29)17-14-25-12-15-26(16-13-25)20-10-6-7-11-21(20)30-3;;;;/h4-11H,12-17H2,1-3H3;4*1H. The number of para-hydroxylation sites is 2. The van der Waals surface area contributed by atoms with Crippen LogP contribution in [0.15, 0.2) is 48.5 Å². The summed E-state index contributed by atoms with van der Waals surface area (Å²) in [6.07, 6.45) is 0. The van der Waals surface area contributed by atoms with E-state index in [4.69, 9.17) is 4.74 Å². The number of carbonyl (C=O) groups is 2. The van der Waals surface area contributed by atoms with Gasteiger partial charge in [-0.05, 0) is 37.6 Å². The fraction of sp³-hybridized carbons (Fsp3) is 0.417. The normalized spacial score (nSPS) is 16.8. The molecule has 2 aromatic carbocycles. The zero-order valence-electron chi connectivity index (χ0n) is 19.6. The lowest BCUT2D eigenvalue weighted by Crippen LogP contribution is -2.55. The molecule has 0 saturated carbocycles. The van der Waals surface area contributed by atoms with Gasteiger partial charge in [0, 0.05) is 44.8 Å². The van der Waals surface area contributed by atoms with Crippen molar-refractivity contribution in [2.24, 2.45) is 0 Å². The molecule has 0 unspecified atom stereocenters. The predicted octanol–water partition coefficient (Wildman–Crippen LogP) is 4.46. The van der Waals surface area contributed by atoms with E-state index in [9.17, 15) is 9.59 Å². The molecule has 0 radical (unpaired) electrons. The van der Waals surface area contributed by atoms with Gasteiger partial charge in [-0.3, -0.25) is 19.4 Å². The maximum Gasteiger partial charge on any atom is 0.260 e. The first-order valence-electron chi connectivity index (χ1n) is 10.5. The maximum atomic E-state index is 13.1. The van der Waals surface area contributed by atoms with Crippen LogP contribution in [0.1, 0.15) is 29.8 Å². The predicted molar refractivity (Wildman–Crippen MR) is 146 cm³/mol. The Balaban J connectivity index is 0.00000272. The van der Waals surface area contributed by atoms with E-state index in [0.29, 0.717) is 18.7 Å². The second-order valence-electron chi connectivity index (χ2n) is 8.43. The van der Waals surface area contributed by atoms with E-state index < -0.39 is 5.41 Å². The van der Waals surface area contributed by atoms with E-state index in [1.54, 1.807) is 7.11 Å². The van der Waals surface area contributed by atoms with Gasteiger partial charge in [0.05, 0.1) is 18.2 Å². The molecule has 4 rings (SSSR count). The largest absolute Gasteiger partial charge is 0.495 e. The van der Waals surface area contributed by atoms with Crippen LogP contribution >= 0.6 is 49.6 Å². The molecule has 0 N–H and O–H groups in total. The molecule has 2 aromatic rings. The van der Waals surface area contributed by atoms with Gasteiger partial charge < -0.3 is 9.64 Å².